The molecule has 0 amide bonds. The van der Waals surface area contributed by atoms with Gasteiger partial charge in [-0.05, 0) is 43.0 Å². The molecule has 0 saturated heterocycles. The molecule has 2 rings (SSSR count). The largest absolute Gasteiger partial charge is 0.310 e. The van der Waals surface area contributed by atoms with Crippen LogP contribution in [-0.4, -0.2) is 16.5 Å². The molecule has 0 bridgehead atoms. The fraction of sp³-hybridized carbons (Fsp3) is 0.556. The SMILES string of the molecule is CCCNC(CC(C)CCC)c1ccc2nccnc2c1. The average molecular weight is 285 g/mol. The number of nitrogens with zero attached hydrogens (tertiary/aromatic N) is 2. The zero-order valence-corrected chi connectivity index (χ0v) is 13.5. The lowest BCUT2D eigenvalue weighted by Gasteiger charge is -2.23. The molecule has 3 nitrogen and oxygen atoms in total. The van der Waals surface area contributed by atoms with Crippen LogP contribution in [0.1, 0.15) is 58.1 Å². The van der Waals surface area contributed by atoms with E-state index < -0.39 is 0 Å². The molecule has 0 spiro atoms. The van der Waals surface area contributed by atoms with Crippen molar-refractivity contribution in [3.63, 3.8) is 0 Å². The molecule has 114 valence electrons. The molecule has 1 aromatic heterocycles. The molecule has 1 heterocycles. The third-order valence-electron chi connectivity index (χ3n) is 3.96. The van der Waals surface area contributed by atoms with Crippen LogP contribution in [0, 0.1) is 5.92 Å². The van der Waals surface area contributed by atoms with Crippen LogP contribution in [0.5, 0.6) is 0 Å². The molecule has 0 saturated carbocycles. The van der Waals surface area contributed by atoms with Gasteiger partial charge >= 0.3 is 0 Å². The van der Waals surface area contributed by atoms with Gasteiger partial charge in [-0.2, -0.15) is 0 Å². The second-order valence-electron chi connectivity index (χ2n) is 5.94. The van der Waals surface area contributed by atoms with Crippen LogP contribution in [0.4, 0.5) is 0 Å². The summed E-state index contributed by atoms with van der Waals surface area (Å²) < 4.78 is 0. The summed E-state index contributed by atoms with van der Waals surface area (Å²) in [4.78, 5) is 8.78. The van der Waals surface area contributed by atoms with E-state index in [-0.39, 0.29) is 0 Å². The van der Waals surface area contributed by atoms with Gasteiger partial charge in [-0.25, -0.2) is 0 Å². The summed E-state index contributed by atoms with van der Waals surface area (Å²) in [5.41, 5.74) is 3.29. The second kappa shape index (κ2) is 8.08. The number of rotatable bonds is 8. The maximum Gasteiger partial charge on any atom is 0.0890 e. The summed E-state index contributed by atoms with van der Waals surface area (Å²) in [7, 11) is 0. The van der Waals surface area contributed by atoms with Gasteiger partial charge in [0.1, 0.15) is 0 Å². The molecule has 1 N–H and O–H groups in total. The minimum Gasteiger partial charge on any atom is -0.310 e. The van der Waals surface area contributed by atoms with Gasteiger partial charge in [0.15, 0.2) is 0 Å². The minimum absolute atomic E-state index is 0.415. The van der Waals surface area contributed by atoms with Crippen LogP contribution in [0.25, 0.3) is 11.0 Å². The van der Waals surface area contributed by atoms with Gasteiger partial charge in [-0.1, -0.05) is 39.7 Å². The zero-order chi connectivity index (χ0) is 15.1. The molecule has 0 aliphatic rings. The molecule has 0 radical (unpaired) electrons. The van der Waals surface area contributed by atoms with E-state index in [0.717, 1.165) is 29.9 Å². The number of fused-ring (bicyclic) bond motifs is 1. The third kappa shape index (κ3) is 4.50. The van der Waals surface area contributed by atoms with Gasteiger partial charge in [0.25, 0.3) is 0 Å². The van der Waals surface area contributed by atoms with Crippen molar-refractivity contribution in [2.75, 3.05) is 6.54 Å². The highest BCUT2D eigenvalue weighted by Crippen LogP contribution is 2.25. The molecule has 2 aromatic rings. The predicted molar refractivity (Wildman–Crippen MR) is 89.3 cm³/mol. The van der Waals surface area contributed by atoms with Crippen molar-refractivity contribution >= 4 is 11.0 Å². The summed E-state index contributed by atoms with van der Waals surface area (Å²) in [6.45, 7) is 7.88. The maximum atomic E-state index is 4.43. The molecule has 3 heteroatoms. The van der Waals surface area contributed by atoms with Gasteiger partial charge < -0.3 is 5.32 Å². The lowest BCUT2D eigenvalue weighted by molar-refractivity contribution is 0.390. The molecular weight excluding hydrogens is 258 g/mol. The topological polar surface area (TPSA) is 37.8 Å². The maximum absolute atomic E-state index is 4.43. The number of hydrogen-bond donors (Lipinski definition) is 1. The van der Waals surface area contributed by atoms with Crippen molar-refractivity contribution in [2.45, 2.75) is 52.5 Å². The number of aromatic nitrogens is 2. The average Bonchev–Trinajstić information content (AvgIpc) is 2.51. The Balaban J connectivity index is 2.20. The van der Waals surface area contributed by atoms with Crippen molar-refractivity contribution in [2.24, 2.45) is 5.92 Å². The van der Waals surface area contributed by atoms with Crippen molar-refractivity contribution in [1.82, 2.24) is 15.3 Å². The first kappa shape index (κ1) is 15.9. The summed E-state index contributed by atoms with van der Waals surface area (Å²) in [5.74, 6) is 0.738. The van der Waals surface area contributed by atoms with Crippen LogP contribution in [0.15, 0.2) is 30.6 Å². The Kier molecular flexibility index (Phi) is 6.12. The van der Waals surface area contributed by atoms with E-state index in [9.17, 15) is 0 Å². The predicted octanol–water partition coefficient (Wildman–Crippen LogP) is 4.50. The Labute approximate surface area is 128 Å². The first-order chi connectivity index (χ1) is 10.2. The molecule has 2 atom stereocenters. The Morgan fingerprint density at radius 2 is 1.81 bits per heavy atom. The third-order valence-corrected chi connectivity index (χ3v) is 3.96. The standard InChI is InChI=1S/C18H27N3/c1-4-6-14(3)12-17(19-9-5-2)15-7-8-16-18(13-15)21-11-10-20-16/h7-8,10-11,13-14,17,19H,4-6,9,12H2,1-3H3. The van der Waals surface area contributed by atoms with Gasteiger partial charge in [-0.3, -0.25) is 9.97 Å². The van der Waals surface area contributed by atoms with E-state index >= 15 is 0 Å². The highest BCUT2D eigenvalue weighted by molar-refractivity contribution is 5.74. The first-order valence-electron chi connectivity index (χ1n) is 8.18. The highest BCUT2D eigenvalue weighted by atomic mass is 14.9. The summed E-state index contributed by atoms with van der Waals surface area (Å²) in [6, 6.07) is 6.89. The lowest BCUT2D eigenvalue weighted by atomic mass is 9.92. The van der Waals surface area contributed by atoms with E-state index in [1.807, 2.05) is 0 Å². The fourth-order valence-corrected chi connectivity index (χ4v) is 2.87. The van der Waals surface area contributed by atoms with Crippen LogP contribution < -0.4 is 5.32 Å². The normalized spacial score (nSPS) is 14.2. The van der Waals surface area contributed by atoms with Crippen LogP contribution >= 0.6 is 0 Å². The molecule has 0 aliphatic heterocycles. The molecular formula is C18H27N3. The van der Waals surface area contributed by atoms with Crippen LogP contribution in [0.3, 0.4) is 0 Å². The van der Waals surface area contributed by atoms with E-state index in [1.165, 1.54) is 24.8 Å². The van der Waals surface area contributed by atoms with Crippen molar-refractivity contribution in [3.8, 4) is 0 Å². The molecule has 1 aromatic carbocycles. The molecule has 2 unspecified atom stereocenters. The molecule has 0 fully saturated rings. The Morgan fingerprint density at radius 3 is 2.52 bits per heavy atom. The first-order valence-corrected chi connectivity index (χ1v) is 8.18. The Hall–Kier alpha value is -1.48. The summed E-state index contributed by atoms with van der Waals surface area (Å²) in [6.07, 6.45) is 8.40. The summed E-state index contributed by atoms with van der Waals surface area (Å²) >= 11 is 0. The minimum atomic E-state index is 0.415. The van der Waals surface area contributed by atoms with E-state index in [0.29, 0.717) is 6.04 Å². The zero-order valence-electron chi connectivity index (χ0n) is 13.5. The van der Waals surface area contributed by atoms with Crippen molar-refractivity contribution < 1.29 is 0 Å². The molecule has 21 heavy (non-hydrogen) atoms. The Bertz CT molecular complexity index is 553. The van der Waals surface area contributed by atoms with Crippen molar-refractivity contribution in [3.05, 3.63) is 36.2 Å². The lowest BCUT2D eigenvalue weighted by Crippen LogP contribution is -2.24. The van der Waals surface area contributed by atoms with Gasteiger partial charge in [0.2, 0.25) is 0 Å². The van der Waals surface area contributed by atoms with Crippen molar-refractivity contribution in [1.29, 1.82) is 0 Å². The molecule has 0 aliphatic carbocycles. The van der Waals surface area contributed by atoms with Gasteiger partial charge in [-0.15, -0.1) is 0 Å². The number of benzene rings is 1. The highest BCUT2D eigenvalue weighted by Gasteiger charge is 2.15. The van der Waals surface area contributed by atoms with E-state index in [2.05, 4.69) is 54.3 Å². The summed E-state index contributed by atoms with van der Waals surface area (Å²) in [5, 5.41) is 3.69. The van der Waals surface area contributed by atoms with E-state index in [1.54, 1.807) is 12.4 Å². The van der Waals surface area contributed by atoms with Gasteiger partial charge in [0.05, 0.1) is 11.0 Å². The van der Waals surface area contributed by atoms with Crippen LogP contribution in [0.2, 0.25) is 0 Å². The monoisotopic (exact) mass is 285 g/mol. The van der Waals surface area contributed by atoms with Gasteiger partial charge in [0, 0.05) is 18.4 Å². The Morgan fingerprint density at radius 1 is 1.05 bits per heavy atom. The second-order valence-corrected chi connectivity index (χ2v) is 5.94. The quantitative estimate of drug-likeness (QED) is 0.776. The van der Waals surface area contributed by atoms with Crippen LogP contribution in [-0.2, 0) is 0 Å². The number of hydrogen-bond acceptors (Lipinski definition) is 3. The fourth-order valence-electron chi connectivity index (χ4n) is 2.87. The van der Waals surface area contributed by atoms with E-state index in [4.69, 9.17) is 0 Å². The number of nitrogens with one attached hydrogen (secondary N) is 1. The smallest absolute Gasteiger partial charge is 0.0890 e.